The van der Waals surface area contributed by atoms with E-state index in [0.29, 0.717) is 12.4 Å². The van der Waals surface area contributed by atoms with E-state index in [9.17, 15) is 4.79 Å². The average molecular weight is 488 g/mol. The molecule has 1 aliphatic rings. The van der Waals surface area contributed by atoms with Crippen LogP contribution in [0.3, 0.4) is 0 Å². The van der Waals surface area contributed by atoms with Gasteiger partial charge >= 0.3 is 0 Å². The zero-order chi connectivity index (χ0) is 19.3. The van der Waals surface area contributed by atoms with Gasteiger partial charge in [-0.05, 0) is 71.3 Å². The van der Waals surface area contributed by atoms with E-state index in [1.807, 2.05) is 24.4 Å². The van der Waals surface area contributed by atoms with E-state index in [2.05, 4.69) is 72.4 Å². The van der Waals surface area contributed by atoms with Crippen LogP contribution in [0.2, 0.25) is 0 Å². The lowest BCUT2D eigenvalue weighted by atomic mass is 9.96. The van der Waals surface area contributed by atoms with Crippen LogP contribution in [0.4, 0.5) is 5.82 Å². The fourth-order valence-electron chi connectivity index (χ4n) is 3.32. The van der Waals surface area contributed by atoms with Crippen molar-refractivity contribution in [3.8, 4) is 5.82 Å². The number of carbonyl (C=O) groups is 1. The topological polar surface area (TPSA) is 75.9 Å². The third-order valence-electron chi connectivity index (χ3n) is 4.95. The molecule has 0 unspecified atom stereocenters. The molecule has 0 saturated carbocycles. The van der Waals surface area contributed by atoms with Gasteiger partial charge in [-0.2, -0.15) is 5.10 Å². The van der Waals surface area contributed by atoms with Gasteiger partial charge in [0.15, 0.2) is 11.6 Å². The van der Waals surface area contributed by atoms with E-state index in [-0.39, 0.29) is 11.8 Å². The summed E-state index contributed by atoms with van der Waals surface area (Å²) >= 11 is 2.28. The van der Waals surface area contributed by atoms with Crippen molar-refractivity contribution in [2.75, 3.05) is 18.0 Å². The van der Waals surface area contributed by atoms with Crippen molar-refractivity contribution >= 4 is 34.3 Å². The summed E-state index contributed by atoms with van der Waals surface area (Å²) < 4.78 is 2.88. The molecule has 1 saturated heterocycles. The molecule has 0 spiro atoms. The lowest BCUT2D eigenvalue weighted by molar-refractivity contribution is -0.125. The van der Waals surface area contributed by atoms with E-state index >= 15 is 0 Å². The summed E-state index contributed by atoms with van der Waals surface area (Å²) in [5.74, 6) is 1.72. The summed E-state index contributed by atoms with van der Waals surface area (Å²) in [7, 11) is 0. The first-order valence-corrected chi connectivity index (χ1v) is 10.4. The van der Waals surface area contributed by atoms with E-state index in [0.717, 1.165) is 37.3 Å². The van der Waals surface area contributed by atoms with Gasteiger partial charge in [0.2, 0.25) is 5.91 Å². The summed E-state index contributed by atoms with van der Waals surface area (Å²) in [4.78, 5) is 14.7. The number of hydrogen-bond donors (Lipinski definition) is 1. The molecule has 4 rings (SSSR count). The van der Waals surface area contributed by atoms with Crippen molar-refractivity contribution < 1.29 is 4.79 Å². The number of piperidine rings is 1. The van der Waals surface area contributed by atoms with E-state index in [1.54, 1.807) is 10.9 Å². The molecule has 0 atom stereocenters. The maximum absolute atomic E-state index is 12.5. The summed E-state index contributed by atoms with van der Waals surface area (Å²) in [6.07, 6.45) is 5.19. The molecule has 8 heteroatoms. The van der Waals surface area contributed by atoms with E-state index in [4.69, 9.17) is 0 Å². The smallest absolute Gasteiger partial charge is 0.223 e. The van der Waals surface area contributed by atoms with Gasteiger partial charge < -0.3 is 10.2 Å². The number of amides is 1. The van der Waals surface area contributed by atoms with Crippen molar-refractivity contribution in [2.45, 2.75) is 19.4 Å². The Hall–Kier alpha value is -2.49. The number of rotatable bonds is 5. The molecule has 28 heavy (non-hydrogen) atoms. The number of nitrogens with zero attached hydrogens (tertiary/aromatic N) is 5. The van der Waals surface area contributed by atoms with Crippen LogP contribution in [0.1, 0.15) is 18.4 Å². The molecular weight excluding hydrogens is 467 g/mol. The second-order valence-electron chi connectivity index (χ2n) is 6.81. The Balaban J connectivity index is 1.28. The summed E-state index contributed by atoms with van der Waals surface area (Å²) in [6.45, 7) is 2.19. The third-order valence-corrected chi connectivity index (χ3v) is 5.66. The van der Waals surface area contributed by atoms with Gasteiger partial charge in [0.25, 0.3) is 0 Å². The maximum Gasteiger partial charge on any atom is 0.223 e. The molecular formula is C20H21IN6O. The second-order valence-corrected chi connectivity index (χ2v) is 8.05. The van der Waals surface area contributed by atoms with Crippen LogP contribution in [0.15, 0.2) is 54.9 Å². The van der Waals surface area contributed by atoms with Crippen molar-refractivity contribution in [1.82, 2.24) is 25.3 Å². The molecule has 1 aromatic carbocycles. The molecule has 2 aromatic heterocycles. The van der Waals surface area contributed by atoms with Gasteiger partial charge in [0, 0.05) is 41.5 Å². The molecule has 1 aliphatic heterocycles. The lowest BCUT2D eigenvalue weighted by Crippen LogP contribution is -2.40. The van der Waals surface area contributed by atoms with Crippen LogP contribution in [-0.2, 0) is 11.3 Å². The second kappa shape index (κ2) is 8.68. The van der Waals surface area contributed by atoms with Crippen LogP contribution in [0, 0.1) is 9.49 Å². The third kappa shape index (κ3) is 4.49. The Morgan fingerprint density at radius 3 is 2.43 bits per heavy atom. The van der Waals surface area contributed by atoms with Crippen LogP contribution >= 0.6 is 22.6 Å². The standard InChI is InChI=1S/C20H21IN6O/c21-17-4-2-15(3-5-17)14-22-20(28)16-8-12-26(13-9-16)18-6-7-19(25-24-18)27-11-1-10-23-27/h1-7,10-11,16H,8-9,12-14H2,(H,22,28). The van der Waals surface area contributed by atoms with Gasteiger partial charge in [0.1, 0.15) is 0 Å². The number of anilines is 1. The quantitative estimate of drug-likeness (QED) is 0.560. The minimum atomic E-state index is 0.0522. The summed E-state index contributed by atoms with van der Waals surface area (Å²) in [6, 6.07) is 13.9. The predicted octanol–water partition coefficient (Wildman–Crippen LogP) is 2.80. The first kappa shape index (κ1) is 18.9. The Bertz CT molecular complexity index is 903. The predicted molar refractivity (Wildman–Crippen MR) is 115 cm³/mol. The first-order valence-electron chi connectivity index (χ1n) is 9.30. The maximum atomic E-state index is 12.5. The molecule has 3 heterocycles. The molecule has 0 radical (unpaired) electrons. The lowest BCUT2D eigenvalue weighted by Gasteiger charge is -2.31. The van der Waals surface area contributed by atoms with Crippen LogP contribution in [-0.4, -0.2) is 39.0 Å². The van der Waals surface area contributed by atoms with Crippen molar-refractivity contribution in [3.05, 3.63) is 64.0 Å². The Kier molecular flexibility index (Phi) is 5.84. The number of carbonyl (C=O) groups excluding carboxylic acids is 1. The van der Waals surface area contributed by atoms with Crippen molar-refractivity contribution in [3.63, 3.8) is 0 Å². The molecule has 7 nitrogen and oxygen atoms in total. The highest BCUT2D eigenvalue weighted by molar-refractivity contribution is 14.1. The van der Waals surface area contributed by atoms with Gasteiger partial charge in [-0.3, -0.25) is 4.79 Å². The highest BCUT2D eigenvalue weighted by Crippen LogP contribution is 2.22. The zero-order valence-electron chi connectivity index (χ0n) is 15.3. The molecule has 1 fully saturated rings. The molecule has 1 N–H and O–H groups in total. The van der Waals surface area contributed by atoms with Gasteiger partial charge in [-0.25, -0.2) is 4.68 Å². The molecule has 144 valence electrons. The molecule has 0 aliphatic carbocycles. The normalized spacial score (nSPS) is 14.8. The van der Waals surface area contributed by atoms with E-state index < -0.39 is 0 Å². The number of aromatic nitrogens is 4. The number of benzene rings is 1. The number of nitrogens with one attached hydrogen (secondary N) is 1. The van der Waals surface area contributed by atoms with Crippen LogP contribution in [0.25, 0.3) is 5.82 Å². The highest BCUT2D eigenvalue weighted by atomic mass is 127. The Morgan fingerprint density at radius 1 is 1.07 bits per heavy atom. The average Bonchev–Trinajstić information content (AvgIpc) is 3.28. The van der Waals surface area contributed by atoms with Crippen molar-refractivity contribution in [1.29, 1.82) is 0 Å². The molecule has 0 bridgehead atoms. The fraction of sp³-hybridized carbons (Fsp3) is 0.300. The molecule has 3 aromatic rings. The van der Waals surface area contributed by atoms with Crippen molar-refractivity contribution in [2.24, 2.45) is 5.92 Å². The summed E-state index contributed by atoms with van der Waals surface area (Å²) in [5.41, 5.74) is 1.12. The SMILES string of the molecule is O=C(NCc1ccc(I)cc1)C1CCN(c2ccc(-n3cccn3)nn2)CC1. The monoisotopic (exact) mass is 488 g/mol. The largest absolute Gasteiger partial charge is 0.355 e. The number of halogens is 1. The van der Waals surface area contributed by atoms with Crippen LogP contribution in [0.5, 0.6) is 0 Å². The highest BCUT2D eigenvalue weighted by Gasteiger charge is 2.25. The van der Waals surface area contributed by atoms with E-state index in [1.165, 1.54) is 3.57 Å². The zero-order valence-corrected chi connectivity index (χ0v) is 17.5. The van der Waals surface area contributed by atoms with Crippen LogP contribution < -0.4 is 10.2 Å². The van der Waals surface area contributed by atoms with Gasteiger partial charge in [0.05, 0.1) is 0 Å². The fourth-order valence-corrected chi connectivity index (χ4v) is 3.68. The summed E-state index contributed by atoms with van der Waals surface area (Å²) in [5, 5.41) is 15.8. The first-order chi connectivity index (χ1) is 13.7. The van der Waals surface area contributed by atoms with Gasteiger partial charge in [-0.15, -0.1) is 10.2 Å². The minimum Gasteiger partial charge on any atom is -0.355 e. The minimum absolute atomic E-state index is 0.0522. The Morgan fingerprint density at radius 2 is 1.79 bits per heavy atom. The Labute approximate surface area is 177 Å². The van der Waals surface area contributed by atoms with Gasteiger partial charge in [-0.1, -0.05) is 12.1 Å². The molecule has 1 amide bonds. The number of hydrogen-bond acceptors (Lipinski definition) is 5.